The number of hydrogen-bond acceptors (Lipinski definition) is 8. The van der Waals surface area contributed by atoms with E-state index in [0.717, 1.165) is 38.5 Å². The van der Waals surface area contributed by atoms with Crippen molar-refractivity contribution in [2.75, 3.05) is 13.2 Å². The first-order valence-electron chi connectivity index (χ1n) is 34.2. The van der Waals surface area contributed by atoms with Crippen LogP contribution in [0.5, 0.6) is 0 Å². The zero-order chi connectivity index (χ0) is 55.0. The van der Waals surface area contributed by atoms with E-state index in [0.29, 0.717) is 12.8 Å². The summed E-state index contributed by atoms with van der Waals surface area (Å²) in [6.45, 7) is 3.90. The molecule has 9 nitrogen and oxygen atoms in total. The van der Waals surface area contributed by atoms with Crippen LogP contribution in [0.1, 0.15) is 367 Å². The highest BCUT2D eigenvalue weighted by atomic mass is 16.7. The van der Waals surface area contributed by atoms with E-state index >= 15 is 0 Å². The first-order chi connectivity index (χ1) is 37.3. The van der Waals surface area contributed by atoms with Gasteiger partial charge in [0.05, 0.1) is 25.4 Å². The van der Waals surface area contributed by atoms with E-state index < -0.39 is 49.5 Å². The number of rotatable bonds is 61. The minimum absolute atomic E-state index is 0.130. The lowest BCUT2D eigenvalue weighted by atomic mass is 9.99. The highest BCUT2D eigenvalue weighted by Gasteiger charge is 2.44. The van der Waals surface area contributed by atoms with Gasteiger partial charge < -0.3 is 40.3 Å². The Morgan fingerprint density at radius 2 is 0.658 bits per heavy atom. The van der Waals surface area contributed by atoms with E-state index in [9.17, 15) is 30.3 Å². The molecule has 0 aromatic heterocycles. The Hall–Kier alpha value is -0.810. The van der Waals surface area contributed by atoms with Gasteiger partial charge in [0.15, 0.2) is 6.29 Å². The smallest absolute Gasteiger partial charge is 0.220 e. The van der Waals surface area contributed by atoms with Crippen LogP contribution in [0.3, 0.4) is 0 Å². The molecule has 454 valence electrons. The van der Waals surface area contributed by atoms with Crippen LogP contribution >= 0.6 is 0 Å². The Morgan fingerprint density at radius 1 is 0.395 bits per heavy atom. The predicted octanol–water partition coefficient (Wildman–Crippen LogP) is 18.1. The highest BCUT2D eigenvalue weighted by molar-refractivity contribution is 5.76. The van der Waals surface area contributed by atoms with Crippen molar-refractivity contribution in [1.82, 2.24) is 5.32 Å². The summed E-state index contributed by atoms with van der Waals surface area (Å²) in [5, 5.41) is 54.9. The van der Waals surface area contributed by atoms with E-state index in [1.54, 1.807) is 0 Å². The molecule has 1 saturated heterocycles. The normalized spacial score (nSPS) is 18.6. The molecule has 0 aromatic carbocycles. The van der Waals surface area contributed by atoms with Crippen LogP contribution in [0.15, 0.2) is 0 Å². The van der Waals surface area contributed by atoms with E-state index in [4.69, 9.17) is 9.47 Å². The summed E-state index contributed by atoms with van der Waals surface area (Å²) >= 11 is 0. The third-order valence-electron chi connectivity index (χ3n) is 17.0. The van der Waals surface area contributed by atoms with Gasteiger partial charge in [-0.2, -0.15) is 0 Å². The van der Waals surface area contributed by atoms with Crippen molar-refractivity contribution < 1.29 is 39.8 Å². The van der Waals surface area contributed by atoms with E-state index in [1.165, 1.54) is 302 Å². The standard InChI is InChI=1S/C67H133NO8/c1-3-5-7-9-11-13-15-17-19-21-23-25-26-27-28-29-30-31-32-33-34-35-36-37-39-41-43-45-47-49-51-53-55-57-63(71)68-60(59-75-67-66(74)65(73)64(72)62(58-69)76-67)61(70)56-54-52-50-48-46-44-42-40-38-24-22-20-18-16-14-12-10-8-6-4-2/h60-62,64-67,69-70,72-74H,3-59H2,1-2H3,(H,68,71). The molecule has 6 N–H and O–H groups in total. The second kappa shape index (κ2) is 57.4. The van der Waals surface area contributed by atoms with Crippen molar-refractivity contribution in [3.05, 3.63) is 0 Å². The molecule has 7 unspecified atom stereocenters. The van der Waals surface area contributed by atoms with Crippen molar-refractivity contribution >= 4 is 5.91 Å². The number of carbonyl (C=O) groups excluding carboxylic acids is 1. The molecule has 9 heteroatoms. The molecule has 7 atom stereocenters. The van der Waals surface area contributed by atoms with Crippen LogP contribution in [0.2, 0.25) is 0 Å². The number of amides is 1. The summed E-state index contributed by atoms with van der Waals surface area (Å²) in [5.41, 5.74) is 0. The van der Waals surface area contributed by atoms with Gasteiger partial charge in [0, 0.05) is 6.42 Å². The lowest BCUT2D eigenvalue weighted by molar-refractivity contribution is -0.302. The summed E-state index contributed by atoms with van der Waals surface area (Å²) in [7, 11) is 0. The van der Waals surface area contributed by atoms with Gasteiger partial charge >= 0.3 is 0 Å². The maximum absolute atomic E-state index is 13.1. The average molecular weight is 1080 g/mol. The second-order valence-electron chi connectivity index (χ2n) is 24.3. The average Bonchev–Trinajstić information content (AvgIpc) is 3.42. The van der Waals surface area contributed by atoms with Gasteiger partial charge in [0.2, 0.25) is 5.91 Å². The molecule has 1 aliphatic rings. The zero-order valence-electron chi connectivity index (χ0n) is 50.8. The van der Waals surface area contributed by atoms with E-state index in [2.05, 4.69) is 19.2 Å². The molecule has 1 fully saturated rings. The van der Waals surface area contributed by atoms with Crippen molar-refractivity contribution in [3.63, 3.8) is 0 Å². The molecule has 0 bridgehead atoms. The van der Waals surface area contributed by atoms with Crippen LogP contribution in [0, 0.1) is 0 Å². The number of unbranched alkanes of at least 4 members (excludes halogenated alkanes) is 51. The Morgan fingerprint density at radius 3 is 0.934 bits per heavy atom. The Labute approximate surface area is 472 Å². The molecular formula is C67H133NO8. The lowest BCUT2D eigenvalue weighted by Crippen LogP contribution is -2.60. The third-order valence-corrected chi connectivity index (χ3v) is 17.0. The van der Waals surface area contributed by atoms with Crippen molar-refractivity contribution in [2.24, 2.45) is 0 Å². The van der Waals surface area contributed by atoms with Crippen molar-refractivity contribution in [2.45, 2.75) is 410 Å². The van der Waals surface area contributed by atoms with Crippen LogP contribution in [0.25, 0.3) is 0 Å². The van der Waals surface area contributed by atoms with E-state index in [1.807, 2.05) is 0 Å². The van der Waals surface area contributed by atoms with Gasteiger partial charge in [-0.3, -0.25) is 4.79 Å². The highest BCUT2D eigenvalue weighted by Crippen LogP contribution is 2.24. The monoisotopic (exact) mass is 1080 g/mol. The molecule has 0 aliphatic carbocycles. The molecule has 1 rings (SSSR count). The Kier molecular flexibility index (Phi) is 55.3. The maximum atomic E-state index is 13.1. The van der Waals surface area contributed by atoms with Gasteiger partial charge in [-0.1, -0.05) is 348 Å². The number of hydrogen-bond donors (Lipinski definition) is 6. The van der Waals surface area contributed by atoms with E-state index in [-0.39, 0.29) is 12.5 Å². The number of aliphatic hydroxyl groups is 5. The minimum atomic E-state index is -1.55. The van der Waals surface area contributed by atoms with Crippen LogP contribution < -0.4 is 5.32 Å². The number of ether oxygens (including phenoxy) is 2. The Balaban J connectivity index is 2.07. The number of aliphatic hydroxyl groups excluding tert-OH is 5. The molecule has 76 heavy (non-hydrogen) atoms. The largest absolute Gasteiger partial charge is 0.394 e. The summed E-state index contributed by atoms with van der Waals surface area (Å²) in [6, 6.07) is -0.714. The first-order valence-corrected chi connectivity index (χ1v) is 34.2. The summed E-state index contributed by atoms with van der Waals surface area (Å²) in [6.07, 6.45) is 64.6. The zero-order valence-corrected chi connectivity index (χ0v) is 50.8. The Bertz CT molecular complexity index is 1160. The van der Waals surface area contributed by atoms with Gasteiger partial charge in [0.25, 0.3) is 0 Å². The molecule has 1 amide bonds. The molecule has 0 saturated carbocycles. The third kappa shape index (κ3) is 45.9. The molecule has 0 radical (unpaired) electrons. The summed E-state index contributed by atoms with van der Waals surface area (Å²) < 4.78 is 11.4. The van der Waals surface area contributed by atoms with Crippen molar-refractivity contribution in [1.29, 1.82) is 0 Å². The fraction of sp³-hybridized carbons (Fsp3) is 0.985. The topological polar surface area (TPSA) is 149 Å². The fourth-order valence-corrected chi connectivity index (χ4v) is 11.6. The predicted molar refractivity (Wildman–Crippen MR) is 323 cm³/mol. The van der Waals surface area contributed by atoms with Crippen LogP contribution in [-0.4, -0.2) is 87.5 Å². The molecular weight excluding hydrogens is 947 g/mol. The maximum Gasteiger partial charge on any atom is 0.220 e. The summed E-state index contributed by atoms with van der Waals surface area (Å²) in [4.78, 5) is 13.1. The fourth-order valence-electron chi connectivity index (χ4n) is 11.6. The first kappa shape index (κ1) is 73.2. The van der Waals surface area contributed by atoms with Gasteiger partial charge in [-0.05, 0) is 12.8 Å². The lowest BCUT2D eigenvalue weighted by Gasteiger charge is -2.40. The number of carbonyl (C=O) groups is 1. The van der Waals surface area contributed by atoms with Gasteiger partial charge in [0.1, 0.15) is 24.4 Å². The van der Waals surface area contributed by atoms with Gasteiger partial charge in [-0.25, -0.2) is 0 Å². The minimum Gasteiger partial charge on any atom is -0.394 e. The molecule has 0 aromatic rings. The summed E-state index contributed by atoms with van der Waals surface area (Å²) in [5.74, 6) is -0.134. The SMILES string of the molecule is CCCCCCCCCCCCCCCCCCCCCCCCCCCCCCCCCCCC(=O)NC(COC1OC(CO)C(O)C(O)C1O)C(O)CCCCCCCCCCCCCCCCCCCCCC. The quantitative estimate of drug-likeness (QED) is 0.0330. The van der Waals surface area contributed by atoms with Crippen LogP contribution in [0.4, 0.5) is 0 Å². The van der Waals surface area contributed by atoms with Crippen LogP contribution in [-0.2, 0) is 14.3 Å². The molecule has 1 heterocycles. The van der Waals surface area contributed by atoms with Gasteiger partial charge in [-0.15, -0.1) is 0 Å². The molecule has 1 aliphatic heterocycles. The number of nitrogens with one attached hydrogen (secondary N) is 1. The van der Waals surface area contributed by atoms with Crippen molar-refractivity contribution in [3.8, 4) is 0 Å². The molecule has 0 spiro atoms. The second-order valence-corrected chi connectivity index (χ2v) is 24.3.